The Morgan fingerprint density at radius 1 is 0.825 bits per heavy atom. The van der Waals surface area contributed by atoms with Crippen LogP contribution in [0.25, 0.3) is 38.8 Å². The molecule has 7 heteroatoms. The average molecular weight is 542 g/mol. The first-order chi connectivity index (χ1) is 19.7. The van der Waals surface area contributed by atoms with E-state index in [1.807, 2.05) is 120 Å². The quantitative estimate of drug-likeness (QED) is 0.163. The molecule has 0 bridgehead atoms. The summed E-state index contributed by atoms with van der Waals surface area (Å²) in [5, 5.41) is 5.63. The molecule has 7 rings (SSSR count). The molecule has 0 saturated carbocycles. The Bertz CT molecular complexity index is 1840. The van der Waals surface area contributed by atoms with Crippen LogP contribution in [-0.4, -0.2) is 33.8 Å². The van der Waals surface area contributed by atoms with Gasteiger partial charge >= 0.3 is 0 Å². The molecule has 0 fully saturated rings. The van der Waals surface area contributed by atoms with Crippen LogP contribution < -0.4 is 9.47 Å². The lowest BCUT2D eigenvalue weighted by atomic mass is 10.00. The second-order valence-electron chi connectivity index (χ2n) is 9.31. The molecule has 6 nitrogen and oxygen atoms in total. The molecule has 0 unspecified atom stereocenters. The first-order valence-corrected chi connectivity index (χ1v) is 13.8. The van der Waals surface area contributed by atoms with Crippen LogP contribution in [0.1, 0.15) is 20.9 Å². The summed E-state index contributed by atoms with van der Waals surface area (Å²) in [6.07, 6.45) is 3.86. The van der Waals surface area contributed by atoms with Crippen molar-refractivity contribution in [1.82, 2.24) is 14.8 Å². The molecule has 4 aromatic carbocycles. The molecule has 0 atom stereocenters. The molecule has 6 aromatic rings. The third kappa shape index (κ3) is 4.57. The summed E-state index contributed by atoms with van der Waals surface area (Å²) in [7, 11) is 0. The van der Waals surface area contributed by atoms with Gasteiger partial charge in [-0.3, -0.25) is 4.79 Å². The van der Waals surface area contributed by atoms with Crippen molar-refractivity contribution in [2.24, 2.45) is 0 Å². The van der Waals surface area contributed by atoms with Crippen molar-refractivity contribution < 1.29 is 14.3 Å². The number of fused-ring (bicyclic) bond motifs is 2. The van der Waals surface area contributed by atoms with Crippen LogP contribution in [0.3, 0.4) is 0 Å². The molecule has 0 spiro atoms. The van der Waals surface area contributed by atoms with Gasteiger partial charge in [0, 0.05) is 22.9 Å². The van der Waals surface area contributed by atoms with Crippen molar-refractivity contribution in [2.45, 2.75) is 0 Å². The molecule has 0 saturated heterocycles. The van der Waals surface area contributed by atoms with E-state index in [2.05, 4.69) is 0 Å². The summed E-state index contributed by atoms with van der Waals surface area (Å²) in [6, 6.07) is 33.0. The number of hydrogen-bond donors (Lipinski definition) is 0. The number of carbonyl (C=O) groups is 1. The molecule has 1 aliphatic rings. The van der Waals surface area contributed by atoms with Gasteiger partial charge in [0.1, 0.15) is 23.9 Å². The van der Waals surface area contributed by atoms with Crippen molar-refractivity contribution >= 4 is 39.0 Å². The molecular formula is C33H23N3O3S. The minimum Gasteiger partial charge on any atom is -0.486 e. The van der Waals surface area contributed by atoms with Crippen LogP contribution in [0.4, 0.5) is 0 Å². The predicted molar refractivity (Wildman–Crippen MR) is 158 cm³/mol. The standard InChI is InChI=1S/C33H23N3O3S/c37-32(22-9-3-1-4-10-22)26(33-34-27-13-7-8-14-30(27)40-33)19-24-21-36(25-11-5-2-6-12-25)35-31(24)23-15-16-28-29(20-23)39-18-17-38-28/h1-16,19-21H,17-18H2/b26-19+. The van der Waals surface area contributed by atoms with Crippen molar-refractivity contribution in [3.63, 3.8) is 0 Å². The summed E-state index contributed by atoms with van der Waals surface area (Å²) >= 11 is 1.51. The Morgan fingerprint density at radius 3 is 2.35 bits per heavy atom. The highest BCUT2D eigenvalue weighted by molar-refractivity contribution is 7.20. The van der Waals surface area contributed by atoms with E-state index in [0.717, 1.165) is 32.7 Å². The summed E-state index contributed by atoms with van der Waals surface area (Å²) in [6.45, 7) is 1.02. The Labute approximate surface area is 234 Å². The SMILES string of the molecule is O=C(/C(=C\c1cn(-c2ccccc2)nc1-c1ccc2c(c1)OCCO2)c1nc2ccccc2s1)c1ccccc1. The number of thiazole rings is 1. The zero-order valence-corrected chi connectivity index (χ0v) is 22.2. The number of aromatic nitrogens is 3. The van der Waals surface area contributed by atoms with Crippen LogP contribution in [0.5, 0.6) is 11.5 Å². The monoisotopic (exact) mass is 541 g/mol. The molecule has 3 heterocycles. The van der Waals surface area contributed by atoms with Gasteiger partial charge in [-0.05, 0) is 48.5 Å². The average Bonchev–Trinajstić information content (AvgIpc) is 3.65. The summed E-state index contributed by atoms with van der Waals surface area (Å²) in [5.74, 6) is 1.30. The van der Waals surface area contributed by atoms with Gasteiger partial charge in [0.25, 0.3) is 0 Å². The normalized spacial score (nSPS) is 12.9. The fraction of sp³-hybridized carbons (Fsp3) is 0.0606. The minimum atomic E-state index is -0.0970. The van der Waals surface area contributed by atoms with Gasteiger partial charge in [-0.25, -0.2) is 9.67 Å². The van der Waals surface area contributed by atoms with Crippen LogP contribution in [0, 0.1) is 0 Å². The second-order valence-corrected chi connectivity index (χ2v) is 10.3. The van der Waals surface area contributed by atoms with Crippen LogP contribution in [0.2, 0.25) is 0 Å². The van der Waals surface area contributed by atoms with E-state index in [9.17, 15) is 4.79 Å². The van der Waals surface area contributed by atoms with Gasteiger partial charge in [0.05, 0.1) is 21.5 Å². The van der Waals surface area contributed by atoms with Crippen molar-refractivity contribution in [1.29, 1.82) is 0 Å². The highest BCUT2D eigenvalue weighted by Gasteiger charge is 2.22. The third-order valence-electron chi connectivity index (χ3n) is 6.68. The molecule has 1 aliphatic heterocycles. The van der Waals surface area contributed by atoms with Crippen LogP contribution in [-0.2, 0) is 0 Å². The van der Waals surface area contributed by atoms with Gasteiger partial charge in [0.2, 0.25) is 0 Å². The van der Waals surface area contributed by atoms with Crippen molar-refractivity contribution in [3.8, 4) is 28.4 Å². The van der Waals surface area contributed by atoms with Gasteiger partial charge in [-0.15, -0.1) is 11.3 Å². The third-order valence-corrected chi connectivity index (χ3v) is 7.75. The highest BCUT2D eigenvalue weighted by atomic mass is 32.1. The number of benzene rings is 4. The fourth-order valence-corrected chi connectivity index (χ4v) is 5.71. The molecule has 194 valence electrons. The molecule has 0 N–H and O–H groups in total. The summed E-state index contributed by atoms with van der Waals surface area (Å²) < 4.78 is 14.5. The zero-order valence-electron chi connectivity index (χ0n) is 21.4. The summed E-state index contributed by atoms with van der Waals surface area (Å²) in [4.78, 5) is 18.8. The van der Waals surface area contributed by atoms with Crippen molar-refractivity contribution in [3.05, 3.63) is 125 Å². The van der Waals surface area contributed by atoms with E-state index in [4.69, 9.17) is 19.6 Å². The zero-order chi connectivity index (χ0) is 26.9. The number of rotatable bonds is 6. The minimum absolute atomic E-state index is 0.0970. The van der Waals surface area contributed by atoms with E-state index >= 15 is 0 Å². The molecular weight excluding hydrogens is 518 g/mol. The fourth-order valence-electron chi connectivity index (χ4n) is 4.73. The van der Waals surface area contributed by atoms with Gasteiger partial charge in [-0.1, -0.05) is 60.7 Å². The first kappa shape index (κ1) is 24.1. The van der Waals surface area contributed by atoms with E-state index in [0.29, 0.717) is 40.9 Å². The van der Waals surface area contributed by atoms with E-state index in [-0.39, 0.29) is 5.78 Å². The lowest BCUT2D eigenvalue weighted by Gasteiger charge is -2.18. The van der Waals surface area contributed by atoms with E-state index in [1.54, 1.807) is 0 Å². The number of ketones is 1. The van der Waals surface area contributed by atoms with Gasteiger partial charge in [0.15, 0.2) is 17.3 Å². The second kappa shape index (κ2) is 10.3. The van der Waals surface area contributed by atoms with E-state index in [1.165, 1.54) is 11.3 Å². The number of carbonyl (C=O) groups excluding carboxylic acids is 1. The highest BCUT2D eigenvalue weighted by Crippen LogP contribution is 2.37. The van der Waals surface area contributed by atoms with E-state index < -0.39 is 0 Å². The lowest BCUT2D eigenvalue weighted by molar-refractivity contribution is 0.105. The molecule has 0 radical (unpaired) electrons. The maximum atomic E-state index is 14.0. The van der Waals surface area contributed by atoms with Crippen LogP contribution >= 0.6 is 11.3 Å². The lowest BCUT2D eigenvalue weighted by Crippen LogP contribution is -2.15. The molecule has 0 aliphatic carbocycles. The number of ether oxygens (including phenoxy) is 2. The van der Waals surface area contributed by atoms with Gasteiger partial charge in [-0.2, -0.15) is 5.10 Å². The maximum absolute atomic E-state index is 14.0. The Hall–Kier alpha value is -5.01. The molecule has 2 aromatic heterocycles. The molecule has 40 heavy (non-hydrogen) atoms. The summed E-state index contributed by atoms with van der Waals surface area (Å²) in [5.41, 5.74) is 5.27. The van der Waals surface area contributed by atoms with Crippen LogP contribution in [0.15, 0.2) is 109 Å². The molecule has 0 amide bonds. The number of nitrogens with zero attached hydrogens (tertiary/aromatic N) is 3. The Kier molecular flexibility index (Phi) is 6.18. The smallest absolute Gasteiger partial charge is 0.196 e. The largest absolute Gasteiger partial charge is 0.486 e. The van der Waals surface area contributed by atoms with Crippen molar-refractivity contribution in [2.75, 3.05) is 13.2 Å². The topological polar surface area (TPSA) is 66.2 Å². The first-order valence-electron chi connectivity index (χ1n) is 13.0. The maximum Gasteiger partial charge on any atom is 0.196 e. The Balaban J connectivity index is 1.43. The number of para-hydroxylation sites is 2. The van der Waals surface area contributed by atoms with Gasteiger partial charge < -0.3 is 9.47 Å². The number of hydrogen-bond acceptors (Lipinski definition) is 6. The Morgan fingerprint density at radius 2 is 1.55 bits per heavy atom. The number of Topliss-reactive ketones (excluding diaryl/α,β-unsaturated/α-hetero) is 1. The predicted octanol–water partition coefficient (Wildman–Crippen LogP) is 7.34. The number of allylic oxidation sites excluding steroid dienone is 1.